The number of carbonyl (C=O) groups is 1. The minimum Gasteiger partial charge on any atom is -0.495 e. The summed E-state index contributed by atoms with van der Waals surface area (Å²) in [6, 6.07) is 19.6. The second-order valence-electron chi connectivity index (χ2n) is 8.44. The van der Waals surface area contributed by atoms with Crippen LogP contribution in [0.25, 0.3) is 0 Å². The lowest BCUT2D eigenvalue weighted by atomic mass is 9.78. The van der Waals surface area contributed by atoms with Crippen LogP contribution in [0.2, 0.25) is 5.02 Å². The van der Waals surface area contributed by atoms with Crippen molar-refractivity contribution in [2.45, 2.75) is 18.7 Å². The van der Waals surface area contributed by atoms with Crippen molar-refractivity contribution >= 4 is 46.2 Å². The van der Waals surface area contributed by atoms with Gasteiger partial charge in [0.25, 0.3) is 0 Å². The maximum atomic E-state index is 13.9. The van der Waals surface area contributed by atoms with Crippen LogP contribution in [0, 0.1) is 5.92 Å². The molecule has 0 aliphatic carbocycles. The Kier molecular flexibility index (Phi) is 5.94. The molecule has 2 bridgehead atoms. The first kappa shape index (κ1) is 23.3. The molecular formula is C26H24ClN3O4S. The number of ether oxygens (including phenoxy) is 3. The number of amides is 1. The number of carbonyl (C=O) groups excluding carboxylic acids is 1. The van der Waals surface area contributed by atoms with Crippen molar-refractivity contribution in [2.24, 2.45) is 5.92 Å². The fraction of sp³-hybridized carbons (Fsp3) is 0.231. The Bertz CT molecular complexity index is 1300. The van der Waals surface area contributed by atoms with Crippen LogP contribution in [-0.2, 0) is 4.79 Å². The fourth-order valence-corrected chi connectivity index (χ4v) is 5.40. The van der Waals surface area contributed by atoms with Crippen LogP contribution in [-0.4, -0.2) is 31.0 Å². The van der Waals surface area contributed by atoms with Gasteiger partial charge in [-0.2, -0.15) is 0 Å². The molecule has 3 aromatic rings. The normalized spacial score (nSPS) is 22.4. The number of anilines is 2. The van der Waals surface area contributed by atoms with Crippen LogP contribution in [0.15, 0.2) is 66.7 Å². The van der Waals surface area contributed by atoms with Gasteiger partial charge in [-0.3, -0.25) is 9.69 Å². The van der Waals surface area contributed by atoms with Gasteiger partial charge in [0.1, 0.15) is 11.7 Å². The van der Waals surface area contributed by atoms with Crippen LogP contribution in [0.5, 0.6) is 17.2 Å². The highest BCUT2D eigenvalue weighted by atomic mass is 35.5. The summed E-state index contributed by atoms with van der Waals surface area (Å²) < 4.78 is 17.9. The zero-order valence-corrected chi connectivity index (χ0v) is 20.9. The number of nitrogens with zero attached hydrogens (tertiary/aromatic N) is 1. The Morgan fingerprint density at radius 2 is 1.74 bits per heavy atom. The third kappa shape index (κ3) is 3.83. The third-order valence-electron chi connectivity index (χ3n) is 6.43. The third-order valence-corrected chi connectivity index (χ3v) is 6.98. The number of halogens is 1. The van der Waals surface area contributed by atoms with Crippen LogP contribution in [0.3, 0.4) is 0 Å². The molecule has 35 heavy (non-hydrogen) atoms. The molecule has 0 aromatic heterocycles. The van der Waals surface area contributed by atoms with E-state index in [1.807, 2.05) is 49.4 Å². The van der Waals surface area contributed by atoms with Gasteiger partial charge in [-0.05, 0) is 61.6 Å². The number of fused-ring (bicyclic) bond motifs is 4. The zero-order valence-electron chi connectivity index (χ0n) is 19.4. The Morgan fingerprint density at radius 1 is 1.06 bits per heavy atom. The lowest BCUT2D eigenvalue weighted by Gasteiger charge is -2.56. The number of benzene rings is 3. The van der Waals surface area contributed by atoms with Gasteiger partial charge < -0.3 is 24.8 Å². The first-order valence-corrected chi connectivity index (χ1v) is 11.8. The molecular weight excluding hydrogens is 486 g/mol. The Hall–Kier alpha value is -3.49. The Morgan fingerprint density at radius 3 is 2.46 bits per heavy atom. The summed E-state index contributed by atoms with van der Waals surface area (Å²) in [4.78, 5) is 15.7. The maximum absolute atomic E-state index is 13.9. The first-order valence-electron chi connectivity index (χ1n) is 11.0. The van der Waals surface area contributed by atoms with E-state index in [-0.39, 0.29) is 5.91 Å². The molecule has 0 radical (unpaired) electrons. The number of thiocarbonyl (C=S) groups is 1. The van der Waals surface area contributed by atoms with Gasteiger partial charge in [-0.25, -0.2) is 0 Å². The van der Waals surface area contributed by atoms with E-state index in [1.165, 1.54) is 0 Å². The number of hydrogen-bond donors (Lipinski definition) is 2. The Balaban J connectivity index is 1.66. The molecule has 2 N–H and O–H groups in total. The van der Waals surface area contributed by atoms with Crippen molar-refractivity contribution in [3.05, 3.63) is 77.3 Å². The lowest BCUT2D eigenvalue weighted by Crippen LogP contribution is -2.72. The summed E-state index contributed by atoms with van der Waals surface area (Å²) in [6.45, 7) is 1.86. The first-order chi connectivity index (χ1) is 16.9. The minimum absolute atomic E-state index is 0.233. The van der Waals surface area contributed by atoms with Crippen LogP contribution in [0.4, 0.5) is 11.4 Å². The standard InChI is InChI=1S/C26H24ClN3O4S/c1-26-21(24(31)28-16-13-11-15(27)12-14-16)22(17-7-6-10-20(33-3)23(17)34-26)29-25(35)30(26)18-8-4-5-9-19(18)32-2/h4-14,21-22H,1-3H3,(H,28,31)(H,29,35)/t21-,22+,26-/m0/s1. The summed E-state index contributed by atoms with van der Waals surface area (Å²) in [7, 11) is 3.18. The maximum Gasteiger partial charge on any atom is 0.236 e. The molecule has 2 heterocycles. The van der Waals surface area contributed by atoms with E-state index < -0.39 is 17.7 Å². The lowest BCUT2D eigenvalue weighted by molar-refractivity contribution is -0.130. The van der Waals surface area contributed by atoms with E-state index in [0.717, 1.165) is 5.56 Å². The molecule has 3 aromatic carbocycles. The predicted molar refractivity (Wildman–Crippen MR) is 140 cm³/mol. The highest BCUT2D eigenvalue weighted by Gasteiger charge is 2.60. The van der Waals surface area contributed by atoms with Crippen molar-refractivity contribution in [1.82, 2.24) is 5.32 Å². The molecule has 0 spiro atoms. The summed E-state index contributed by atoms with van der Waals surface area (Å²) in [6.07, 6.45) is 0. The van der Waals surface area contributed by atoms with Gasteiger partial charge in [0.15, 0.2) is 22.3 Å². The quantitative estimate of drug-likeness (QED) is 0.460. The number of methoxy groups -OCH3 is 2. The van der Waals surface area contributed by atoms with Gasteiger partial charge in [0.05, 0.1) is 25.9 Å². The van der Waals surface area contributed by atoms with Gasteiger partial charge in [0, 0.05) is 16.3 Å². The summed E-state index contributed by atoms with van der Waals surface area (Å²) >= 11 is 11.8. The monoisotopic (exact) mass is 509 g/mol. The van der Waals surface area contributed by atoms with Crippen molar-refractivity contribution in [1.29, 1.82) is 0 Å². The van der Waals surface area contributed by atoms with Crippen LogP contribution < -0.4 is 29.7 Å². The van der Waals surface area contributed by atoms with Crippen molar-refractivity contribution in [3.63, 3.8) is 0 Å². The summed E-state index contributed by atoms with van der Waals surface area (Å²) in [5.74, 6) is 0.804. The molecule has 180 valence electrons. The summed E-state index contributed by atoms with van der Waals surface area (Å²) in [5, 5.41) is 7.42. The number of nitrogens with one attached hydrogen (secondary N) is 2. The molecule has 1 saturated heterocycles. The van der Waals surface area contributed by atoms with E-state index in [4.69, 9.17) is 38.0 Å². The minimum atomic E-state index is -1.21. The number of hydrogen-bond acceptors (Lipinski definition) is 5. The highest BCUT2D eigenvalue weighted by molar-refractivity contribution is 7.80. The summed E-state index contributed by atoms with van der Waals surface area (Å²) in [5.41, 5.74) is 0.889. The van der Waals surface area contributed by atoms with Crippen molar-refractivity contribution in [3.8, 4) is 17.2 Å². The van der Waals surface area contributed by atoms with E-state index in [9.17, 15) is 4.79 Å². The van der Waals surface area contributed by atoms with E-state index in [2.05, 4.69) is 10.6 Å². The van der Waals surface area contributed by atoms with Crippen molar-refractivity contribution < 1.29 is 19.0 Å². The molecule has 0 saturated carbocycles. The zero-order chi connectivity index (χ0) is 24.7. The number of rotatable bonds is 5. The second kappa shape index (κ2) is 8.94. The Labute approximate surface area is 213 Å². The second-order valence-corrected chi connectivity index (χ2v) is 9.27. The van der Waals surface area contributed by atoms with E-state index in [1.54, 1.807) is 43.4 Å². The van der Waals surface area contributed by atoms with E-state index in [0.29, 0.717) is 38.8 Å². The molecule has 2 aliphatic rings. The van der Waals surface area contributed by atoms with Crippen molar-refractivity contribution in [2.75, 3.05) is 24.4 Å². The molecule has 7 nitrogen and oxygen atoms in total. The molecule has 0 unspecified atom stereocenters. The fourth-order valence-electron chi connectivity index (χ4n) is 4.86. The van der Waals surface area contributed by atoms with E-state index >= 15 is 0 Å². The highest BCUT2D eigenvalue weighted by Crippen LogP contribution is 2.53. The van der Waals surface area contributed by atoms with Gasteiger partial charge in [-0.1, -0.05) is 35.9 Å². The largest absolute Gasteiger partial charge is 0.495 e. The van der Waals surface area contributed by atoms with Crippen LogP contribution >= 0.6 is 23.8 Å². The topological polar surface area (TPSA) is 72.1 Å². The van der Waals surface area contributed by atoms with Gasteiger partial charge in [0.2, 0.25) is 5.91 Å². The molecule has 1 fully saturated rings. The molecule has 2 aliphatic heterocycles. The van der Waals surface area contributed by atoms with Gasteiger partial charge in [-0.15, -0.1) is 0 Å². The predicted octanol–water partition coefficient (Wildman–Crippen LogP) is 5.16. The molecule has 1 amide bonds. The molecule has 5 rings (SSSR count). The smallest absolute Gasteiger partial charge is 0.236 e. The average molecular weight is 510 g/mol. The average Bonchev–Trinajstić information content (AvgIpc) is 2.85. The number of para-hydroxylation sites is 3. The van der Waals surface area contributed by atoms with Crippen LogP contribution in [0.1, 0.15) is 18.5 Å². The SMILES string of the molecule is COc1ccccc1N1C(=S)N[C@@H]2c3cccc(OC)c3O[C@@]1(C)[C@@H]2C(=O)Nc1ccc(Cl)cc1. The molecule has 3 atom stereocenters. The molecule has 9 heteroatoms. The van der Waals surface area contributed by atoms with Gasteiger partial charge >= 0.3 is 0 Å².